The molecule has 20 heavy (non-hydrogen) atoms. The number of nitrogens with zero attached hydrogens (tertiary/aromatic N) is 1. The predicted octanol–water partition coefficient (Wildman–Crippen LogP) is 4.39. The second kappa shape index (κ2) is 5.75. The highest BCUT2D eigenvalue weighted by atomic mass is 79.9. The van der Waals surface area contributed by atoms with E-state index in [-0.39, 0.29) is 11.3 Å². The lowest BCUT2D eigenvalue weighted by atomic mass is 9.87. The quantitative estimate of drug-likeness (QED) is 0.885. The van der Waals surface area contributed by atoms with Gasteiger partial charge in [0.25, 0.3) is 5.91 Å². The molecule has 0 saturated heterocycles. The van der Waals surface area contributed by atoms with Crippen LogP contribution < -0.4 is 5.32 Å². The first kappa shape index (κ1) is 14.7. The fourth-order valence-electron chi connectivity index (χ4n) is 1.78. The molecule has 0 atom stereocenters. The van der Waals surface area contributed by atoms with E-state index < -0.39 is 0 Å². The van der Waals surface area contributed by atoms with Gasteiger partial charge in [0.05, 0.1) is 0 Å². The molecule has 1 heterocycles. The summed E-state index contributed by atoms with van der Waals surface area (Å²) in [6, 6.07) is 11.2. The molecule has 0 spiro atoms. The van der Waals surface area contributed by atoms with Crippen LogP contribution >= 0.6 is 15.9 Å². The molecule has 3 nitrogen and oxygen atoms in total. The summed E-state index contributed by atoms with van der Waals surface area (Å²) in [6.07, 6.45) is 1.64. The van der Waals surface area contributed by atoms with E-state index in [2.05, 4.69) is 47.0 Å². The Labute approximate surface area is 127 Å². The Morgan fingerprint density at radius 2 is 1.80 bits per heavy atom. The molecule has 0 saturated carbocycles. The highest BCUT2D eigenvalue weighted by molar-refractivity contribution is 9.10. The van der Waals surface area contributed by atoms with Crippen LogP contribution in [0.1, 0.15) is 36.7 Å². The van der Waals surface area contributed by atoms with E-state index in [0.29, 0.717) is 11.4 Å². The zero-order valence-electron chi connectivity index (χ0n) is 11.8. The highest BCUT2D eigenvalue weighted by Gasteiger charge is 2.14. The number of carbonyl (C=O) groups is 1. The van der Waals surface area contributed by atoms with Crippen molar-refractivity contribution in [2.24, 2.45) is 0 Å². The highest BCUT2D eigenvalue weighted by Crippen LogP contribution is 2.22. The summed E-state index contributed by atoms with van der Waals surface area (Å²) in [7, 11) is 0. The van der Waals surface area contributed by atoms with Gasteiger partial charge >= 0.3 is 0 Å². The van der Waals surface area contributed by atoms with E-state index in [4.69, 9.17) is 0 Å². The van der Waals surface area contributed by atoms with Gasteiger partial charge in [-0.3, -0.25) is 4.79 Å². The van der Waals surface area contributed by atoms with Gasteiger partial charge in [0.15, 0.2) is 0 Å². The summed E-state index contributed by atoms with van der Waals surface area (Å²) in [6.45, 7) is 6.44. The summed E-state index contributed by atoms with van der Waals surface area (Å²) in [4.78, 5) is 16.2. The Hall–Kier alpha value is -1.68. The molecule has 2 rings (SSSR count). The molecule has 1 aromatic heterocycles. The van der Waals surface area contributed by atoms with Gasteiger partial charge in [-0.15, -0.1) is 0 Å². The maximum absolute atomic E-state index is 12.1. The van der Waals surface area contributed by atoms with Crippen LogP contribution in [0.25, 0.3) is 0 Å². The van der Waals surface area contributed by atoms with Gasteiger partial charge in [0, 0.05) is 16.2 Å². The molecule has 1 amide bonds. The third-order valence-corrected chi connectivity index (χ3v) is 3.47. The number of hydrogen-bond acceptors (Lipinski definition) is 2. The first-order chi connectivity index (χ1) is 9.36. The van der Waals surface area contributed by atoms with Gasteiger partial charge < -0.3 is 5.32 Å². The standard InChI is InChI=1S/C16H17BrN2O/c1-16(2,3)12-6-4-11(5-7-12)15(20)19-14-10-13(17)8-9-18-14/h4-10H,1-3H3,(H,18,19,20). The topological polar surface area (TPSA) is 42.0 Å². The maximum atomic E-state index is 12.1. The molecule has 4 heteroatoms. The number of benzene rings is 1. The van der Waals surface area contributed by atoms with Crippen LogP contribution in [-0.4, -0.2) is 10.9 Å². The number of pyridine rings is 1. The second-order valence-electron chi connectivity index (χ2n) is 5.64. The number of aromatic nitrogens is 1. The molecule has 0 aliphatic carbocycles. The first-order valence-corrected chi connectivity index (χ1v) is 7.19. The Kier molecular flexibility index (Phi) is 4.23. The number of rotatable bonds is 2. The van der Waals surface area contributed by atoms with Crippen LogP contribution in [0.5, 0.6) is 0 Å². The summed E-state index contributed by atoms with van der Waals surface area (Å²) < 4.78 is 0.880. The minimum atomic E-state index is -0.156. The van der Waals surface area contributed by atoms with Crippen LogP contribution in [0.3, 0.4) is 0 Å². The maximum Gasteiger partial charge on any atom is 0.256 e. The van der Waals surface area contributed by atoms with Crippen molar-refractivity contribution >= 4 is 27.7 Å². The van der Waals surface area contributed by atoms with Crippen molar-refractivity contribution < 1.29 is 4.79 Å². The van der Waals surface area contributed by atoms with Gasteiger partial charge in [0.2, 0.25) is 0 Å². The molecule has 0 unspecified atom stereocenters. The number of anilines is 1. The van der Waals surface area contributed by atoms with Gasteiger partial charge in [-0.05, 0) is 35.2 Å². The van der Waals surface area contributed by atoms with Crippen LogP contribution in [0, 0.1) is 0 Å². The third kappa shape index (κ3) is 3.67. The number of halogens is 1. The fraction of sp³-hybridized carbons (Fsp3) is 0.250. The molecule has 0 radical (unpaired) electrons. The van der Waals surface area contributed by atoms with Gasteiger partial charge in [0.1, 0.15) is 5.82 Å². The number of nitrogens with one attached hydrogen (secondary N) is 1. The second-order valence-corrected chi connectivity index (χ2v) is 6.56. The minimum absolute atomic E-state index is 0.0842. The molecule has 1 N–H and O–H groups in total. The van der Waals surface area contributed by atoms with Gasteiger partial charge in [-0.2, -0.15) is 0 Å². The first-order valence-electron chi connectivity index (χ1n) is 6.40. The Morgan fingerprint density at radius 3 is 2.35 bits per heavy atom. The van der Waals surface area contributed by atoms with Gasteiger partial charge in [-0.1, -0.05) is 48.8 Å². The molecule has 2 aromatic rings. The number of amides is 1. The normalized spacial score (nSPS) is 11.2. The van der Waals surface area contributed by atoms with Crippen molar-refractivity contribution in [3.8, 4) is 0 Å². The van der Waals surface area contributed by atoms with Crippen molar-refractivity contribution in [2.75, 3.05) is 5.32 Å². The predicted molar refractivity (Wildman–Crippen MR) is 85.0 cm³/mol. The van der Waals surface area contributed by atoms with Crippen molar-refractivity contribution in [2.45, 2.75) is 26.2 Å². The summed E-state index contributed by atoms with van der Waals surface area (Å²) in [5.41, 5.74) is 1.91. The smallest absolute Gasteiger partial charge is 0.256 e. The lowest BCUT2D eigenvalue weighted by molar-refractivity contribution is 0.102. The minimum Gasteiger partial charge on any atom is -0.307 e. The van der Waals surface area contributed by atoms with E-state index in [1.54, 1.807) is 12.3 Å². The Morgan fingerprint density at radius 1 is 1.15 bits per heavy atom. The molecular formula is C16H17BrN2O. The average Bonchev–Trinajstić information content (AvgIpc) is 2.38. The Bertz CT molecular complexity index is 615. The van der Waals surface area contributed by atoms with Crippen molar-refractivity contribution in [1.82, 2.24) is 4.98 Å². The fourth-order valence-corrected chi connectivity index (χ4v) is 2.12. The third-order valence-electron chi connectivity index (χ3n) is 2.98. The van der Waals surface area contributed by atoms with Crippen LogP contribution in [-0.2, 0) is 5.41 Å². The molecular weight excluding hydrogens is 316 g/mol. The number of carbonyl (C=O) groups excluding carboxylic acids is 1. The van der Waals surface area contributed by atoms with Gasteiger partial charge in [-0.25, -0.2) is 4.98 Å². The molecule has 0 fully saturated rings. The lowest BCUT2D eigenvalue weighted by Crippen LogP contribution is -2.14. The largest absolute Gasteiger partial charge is 0.307 e. The summed E-state index contributed by atoms with van der Waals surface area (Å²) in [5.74, 6) is 0.375. The van der Waals surface area contributed by atoms with Crippen LogP contribution in [0.2, 0.25) is 0 Å². The molecule has 104 valence electrons. The van der Waals surface area contributed by atoms with E-state index in [1.165, 1.54) is 5.56 Å². The van der Waals surface area contributed by atoms with E-state index in [0.717, 1.165) is 4.47 Å². The Balaban J connectivity index is 2.14. The molecule has 0 aliphatic rings. The van der Waals surface area contributed by atoms with Crippen molar-refractivity contribution in [3.63, 3.8) is 0 Å². The van der Waals surface area contributed by atoms with Crippen molar-refractivity contribution in [1.29, 1.82) is 0 Å². The SMILES string of the molecule is CC(C)(C)c1ccc(C(=O)Nc2cc(Br)ccn2)cc1. The molecule has 0 aliphatic heterocycles. The van der Waals surface area contributed by atoms with Crippen molar-refractivity contribution in [3.05, 3.63) is 58.2 Å². The zero-order chi connectivity index (χ0) is 14.8. The summed E-state index contributed by atoms with van der Waals surface area (Å²) in [5, 5.41) is 2.78. The number of hydrogen-bond donors (Lipinski definition) is 1. The molecule has 1 aromatic carbocycles. The zero-order valence-corrected chi connectivity index (χ0v) is 13.4. The lowest BCUT2D eigenvalue weighted by Gasteiger charge is -2.19. The van der Waals surface area contributed by atoms with E-state index in [1.807, 2.05) is 30.3 Å². The van der Waals surface area contributed by atoms with E-state index in [9.17, 15) is 4.79 Å². The van der Waals surface area contributed by atoms with Crippen LogP contribution in [0.4, 0.5) is 5.82 Å². The summed E-state index contributed by atoms with van der Waals surface area (Å²) >= 11 is 3.35. The van der Waals surface area contributed by atoms with Crippen LogP contribution in [0.15, 0.2) is 47.1 Å². The average molecular weight is 333 g/mol. The van der Waals surface area contributed by atoms with E-state index >= 15 is 0 Å². The monoisotopic (exact) mass is 332 g/mol. The molecule has 0 bridgehead atoms.